The molecule has 1 heterocycles. The molecule has 3 aromatic rings. The Labute approximate surface area is 127 Å². The zero-order valence-corrected chi connectivity index (χ0v) is 12.1. The molecule has 0 saturated heterocycles. The first-order chi connectivity index (χ1) is 10.8. The van der Waals surface area contributed by atoms with Crippen molar-refractivity contribution in [1.29, 1.82) is 0 Å². The van der Waals surface area contributed by atoms with E-state index in [1.165, 1.54) is 0 Å². The summed E-state index contributed by atoms with van der Waals surface area (Å²) in [7, 11) is 1.62. The number of benzene rings is 2. The van der Waals surface area contributed by atoms with E-state index in [0.717, 1.165) is 16.9 Å². The molecule has 4 heteroatoms. The molecule has 4 nitrogen and oxygen atoms in total. The second kappa shape index (κ2) is 6.18. The molecule has 0 atom stereocenters. The lowest BCUT2D eigenvalue weighted by molar-refractivity contribution is 0.301. The first-order valence-corrected chi connectivity index (χ1v) is 6.83. The molecule has 0 bridgehead atoms. The summed E-state index contributed by atoms with van der Waals surface area (Å²) >= 11 is 0. The van der Waals surface area contributed by atoms with E-state index in [1.807, 2.05) is 54.6 Å². The Morgan fingerprint density at radius 2 is 1.45 bits per heavy atom. The summed E-state index contributed by atoms with van der Waals surface area (Å²) in [6, 6.07) is 20.6. The van der Waals surface area contributed by atoms with Crippen LogP contribution in [-0.2, 0) is 0 Å². The lowest BCUT2D eigenvalue weighted by Crippen LogP contribution is -2.01. The van der Waals surface area contributed by atoms with Crippen molar-refractivity contribution in [3.63, 3.8) is 0 Å². The van der Waals surface area contributed by atoms with Gasteiger partial charge in [0.2, 0.25) is 0 Å². The van der Waals surface area contributed by atoms with Gasteiger partial charge in [0, 0.05) is 23.3 Å². The minimum absolute atomic E-state index is 0.441. The van der Waals surface area contributed by atoms with Crippen molar-refractivity contribution in [1.82, 2.24) is 0 Å². The van der Waals surface area contributed by atoms with Gasteiger partial charge in [0.1, 0.15) is 22.6 Å². The second-order valence-corrected chi connectivity index (χ2v) is 4.74. The molecule has 110 valence electrons. The van der Waals surface area contributed by atoms with E-state index in [1.54, 1.807) is 19.2 Å². The van der Waals surface area contributed by atoms with Gasteiger partial charge in [0.05, 0.1) is 7.11 Å². The average Bonchev–Trinajstić information content (AvgIpc) is 2.62. The van der Waals surface area contributed by atoms with Crippen LogP contribution in [0.2, 0.25) is 0 Å². The Kier molecular flexibility index (Phi) is 3.92. The molecule has 0 spiro atoms. The Bertz CT molecular complexity index is 821. The van der Waals surface area contributed by atoms with Gasteiger partial charge >= 0.3 is 0 Å². The van der Waals surface area contributed by atoms with Crippen LogP contribution in [0.1, 0.15) is 0 Å². The smallest absolute Gasteiger partial charge is 0.136 e. The zero-order valence-electron chi connectivity index (χ0n) is 12.1. The van der Waals surface area contributed by atoms with Crippen molar-refractivity contribution in [3.05, 3.63) is 72.1 Å². The predicted octanol–water partition coefficient (Wildman–Crippen LogP) is 3.91. The molecule has 2 aromatic carbocycles. The van der Waals surface area contributed by atoms with Crippen molar-refractivity contribution in [2.24, 2.45) is 5.16 Å². The van der Waals surface area contributed by atoms with E-state index in [-0.39, 0.29) is 0 Å². The Morgan fingerprint density at radius 1 is 0.864 bits per heavy atom. The van der Waals surface area contributed by atoms with Gasteiger partial charge in [-0.05, 0) is 24.3 Å². The number of hydrogen-bond acceptors (Lipinski definition) is 4. The quantitative estimate of drug-likeness (QED) is 0.588. The van der Waals surface area contributed by atoms with Gasteiger partial charge in [-0.3, -0.25) is 0 Å². The van der Waals surface area contributed by atoms with Gasteiger partial charge in [-0.15, -0.1) is 0 Å². The van der Waals surface area contributed by atoms with Gasteiger partial charge < -0.3 is 14.4 Å². The summed E-state index contributed by atoms with van der Waals surface area (Å²) in [5.74, 6) is 2.04. The van der Waals surface area contributed by atoms with Crippen LogP contribution in [0.5, 0.6) is 5.75 Å². The van der Waals surface area contributed by atoms with E-state index in [2.05, 4.69) is 5.16 Å². The van der Waals surface area contributed by atoms with Gasteiger partial charge in [-0.25, -0.2) is 0 Å². The maximum atomic E-state index is 9.13. The highest BCUT2D eigenvalue weighted by molar-refractivity contribution is 5.63. The minimum Gasteiger partial charge on any atom is -0.497 e. The van der Waals surface area contributed by atoms with Crippen LogP contribution in [0.15, 0.2) is 76.3 Å². The topological polar surface area (TPSA) is 55.0 Å². The number of nitrogens with zero attached hydrogens (tertiary/aromatic N) is 1. The van der Waals surface area contributed by atoms with E-state index < -0.39 is 0 Å². The van der Waals surface area contributed by atoms with Gasteiger partial charge in [0.25, 0.3) is 0 Å². The SMILES string of the molecule is COc1ccc(-c2c/c(=N/O)cc(-c3ccccc3)o2)cc1. The molecule has 0 aliphatic heterocycles. The molecule has 0 unspecified atom stereocenters. The maximum absolute atomic E-state index is 9.13. The highest BCUT2D eigenvalue weighted by atomic mass is 16.5. The summed E-state index contributed by atoms with van der Waals surface area (Å²) in [6.45, 7) is 0. The number of rotatable bonds is 3. The fourth-order valence-corrected chi connectivity index (χ4v) is 2.19. The second-order valence-electron chi connectivity index (χ2n) is 4.74. The minimum atomic E-state index is 0.441. The summed E-state index contributed by atoms with van der Waals surface area (Å²) in [4.78, 5) is 0. The van der Waals surface area contributed by atoms with Crippen LogP contribution in [0.3, 0.4) is 0 Å². The Morgan fingerprint density at radius 3 is 2.00 bits per heavy atom. The van der Waals surface area contributed by atoms with Crippen molar-refractivity contribution in [2.75, 3.05) is 7.11 Å². The van der Waals surface area contributed by atoms with Crippen LogP contribution in [0.4, 0.5) is 0 Å². The molecule has 1 aromatic heterocycles. The molecule has 0 aliphatic carbocycles. The first kappa shape index (κ1) is 13.9. The maximum Gasteiger partial charge on any atom is 0.136 e. The van der Waals surface area contributed by atoms with Crippen LogP contribution >= 0.6 is 0 Å². The number of hydrogen-bond donors (Lipinski definition) is 1. The lowest BCUT2D eigenvalue weighted by Gasteiger charge is -2.06. The molecule has 0 radical (unpaired) electrons. The summed E-state index contributed by atoms with van der Waals surface area (Å²) < 4.78 is 11.1. The molecule has 0 aliphatic rings. The fourth-order valence-electron chi connectivity index (χ4n) is 2.19. The van der Waals surface area contributed by atoms with Crippen LogP contribution in [-0.4, -0.2) is 12.3 Å². The number of methoxy groups -OCH3 is 1. The standard InChI is InChI=1S/C18H15NO3/c1-21-16-9-7-14(8-10-16)18-12-15(19-20)11-17(22-18)13-5-3-2-4-6-13/h2-12,20H,1H3/b19-15+. The monoisotopic (exact) mass is 293 g/mol. The van der Waals surface area contributed by atoms with Crippen LogP contribution in [0.25, 0.3) is 22.6 Å². The lowest BCUT2D eigenvalue weighted by atomic mass is 10.1. The van der Waals surface area contributed by atoms with Crippen LogP contribution < -0.4 is 10.1 Å². The molecule has 0 saturated carbocycles. The van der Waals surface area contributed by atoms with Crippen LogP contribution in [0, 0.1) is 0 Å². The van der Waals surface area contributed by atoms with E-state index in [0.29, 0.717) is 16.9 Å². The largest absolute Gasteiger partial charge is 0.497 e. The van der Waals surface area contributed by atoms with E-state index >= 15 is 0 Å². The average molecular weight is 293 g/mol. The molecule has 0 fully saturated rings. The third kappa shape index (κ3) is 2.86. The summed E-state index contributed by atoms with van der Waals surface area (Å²) in [5.41, 5.74) is 1.80. The molecule has 0 amide bonds. The molecular formula is C18H15NO3. The van der Waals surface area contributed by atoms with E-state index in [9.17, 15) is 0 Å². The third-order valence-electron chi connectivity index (χ3n) is 3.33. The third-order valence-corrected chi connectivity index (χ3v) is 3.33. The van der Waals surface area contributed by atoms with Gasteiger partial charge in [-0.1, -0.05) is 35.5 Å². The Balaban J connectivity index is 2.11. The van der Waals surface area contributed by atoms with E-state index in [4.69, 9.17) is 14.4 Å². The predicted molar refractivity (Wildman–Crippen MR) is 83.5 cm³/mol. The molecule has 3 rings (SSSR count). The normalized spacial score (nSPS) is 11.4. The summed E-state index contributed by atoms with van der Waals surface area (Å²) in [6.07, 6.45) is 0. The molecule has 1 N–H and O–H groups in total. The van der Waals surface area contributed by atoms with Crippen molar-refractivity contribution in [3.8, 4) is 28.4 Å². The highest BCUT2D eigenvalue weighted by Gasteiger charge is 2.06. The molecular weight excluding hydrogens is 278 g/mol. The van der Waals surface area contributed by atoms with Crippen molar-refractivity contribution < 1.29 is 14.4 Å². The first-order valence-electron chi connectivity index (χ1n) is 6.83. The summed E-state index contributed by atoms with van der Waals surface area (Å²) in [5, 5.41) is 12.9. The van der Waals surface area contributed by atoms with Gasteiger partial charge in [-0.2, -0.15) is 0 Å². The molecule has 22 heavy (non-hydrogen) atoms. The highest BCUT2D eigenvalue weighted by Crippen LogP contribution is 2.26. The number of ether oxygens (including phenoxy) is 1. The zero-order chi connectivity index (χ0) is 15.4. The van der Waals surface area contributed by atoms with Crippen molar-refractivity contribution in [2.45, 2.75) is 0 Å². The van der Waals surface area contributed by atoms with Gasteiger partial charge in [0.15, 0.2) is 0 Å². The Hall–Kier alpha value is -3.01. The fraction of sp³-hybridized carbons (Fsp3) is 0.0556. The van der Waals surface area contributed by atoms with Crippen molar-refractivity contribution >= 4 is 0 Å².